The second-order valence-electron chi connectivity index (χ2n) is 3.48. The van der Waals surface area contributed by atoms with Gasteiger partial charge in [-0.3, -0.25) is 0 Å². The van der Waals surface area contributed by atoms with E-state index in [-0.39, 0.29) is 0 Å². The Labute approximate surface area is 91.2 Å². The summed E-state index contributed by atoms with van der Waals surface area (Å²) in [5, 5.41) is 13.2. The maximum atomic E-state index is 10.1. The van der Waals surface area contributed by atoms with Gasteiger partial charge in [-0.2, -0.15) is 0 Å². The molecule has 0 radical (unpaired) electrons. The molecule has 4 heteroatoms. The van der Waals surface area contributed by atoms with E-state index in [0.29, 0.717) is 13.1 Å². The molecule has 0 saturated carbocycles. The van der Waals surface area contributed by atoms with Crippen LogP contribution in [0.1, 0.15) is 5.56 Å². The topological polar surface area (TPSA) is 41.5 Å². The highest BCUT2D eigenvalue weighted by atomic mass is 79.9. The zero-order valence-electron chi connectivity index (χ0n) is 7.88. The molecule has 1 aliphatic heterocycles. The molecule has 0 unspecified atom stereocenters. The third-order valence-corrected chi connectivity index (χ3v) is 2.99. The Morgan fingerprint density at radius 2 is 2.21 bits per heavy atom. The van der Waals surface area contributed by atoms with Crippen LogP contribution in [0.2, 0.25) is 0 Å². The van der Waals surface area contributed by atoms with Gasteiger partial charge in [0.1, 0.15) is 11.4 Å². The number of hydrogen-bond acceptors (Lipinski definition) is 3. The summed E-state index contributed by atoms with van der Waals surface area (Å²) in [7, 11) is 1.61. The first kappa shape index (κ1) is 9.96. The number of nitrogens with one attached hydrogen (secondary N) is 1. The van der Waals surface area contributed by atoms with E-state index < -0.39 is 5.60 Å². The van der Waals surface area contributed by atoms with Gasteiger partial charge in [0, 0.05) is 23.1 Å². The SMILES string of the molecule is COc1cc(Br)ccc1C1(O)CNC1. The zero-order chi connectivity index (χ0) is 10.2. The summed E-state index contributed by atoms with van der Waals surface area (Å²) in [5.74, 6) is 0.725. The van der Waals surface area contributed by atoms with E-state index in [1.807, 2.05) is 18.2 Å². The summed E-state index contributed by atoms with van der Waals surface area (Å²) in [5.41, 5.74) is 0.0911. The quantitative estimate of drug-likeness (QED) is 0.838. The predicted octanol–water partition coefficient (Wildman–Crippen LogP) is 1.25. The van der Waals surface area contributed by atoms with Gasteiger partial charge in [-0.05, 0) is 12.1 Å². The molecule has 2 rings (SSSR count). The van der Waals surface area contributed by atoms with E-state index in [0.717, 1.165) is 15.8 Å². The number of β-amino-alcohol motifs (C(OH)–C–C–N with tert-alkyl or cyclic N) is 1. The molecule has 0 atom stereocenters. The van der Waals surface area contributed by atoms with Crippen LogP contribution >= 0.6 is 15.9 Å². The number of hydrogen-bond donors (Lipinski definition) is 2. The molecule has 0 spiro atoms. The Balaban J connectivity index is 2.41. The van der Waals surface area contributed by atoms with Crippen LogP contribution in [0.3, 0.4) is 0 Å². The molecular weight excluding hydrogens is 246 g/mol. The van der Waals surface area contributed by atoms with Crippen LogP contribution in [0, 0.1) is 0 Å². The summed E-state index contributed by atoms with van der Waals surface area (Å²) in [6.45, 7) is 1.18. The molecule has 0 aliphatic carbocycles. The van der Waals surface area contributed by atoms with E-state index in [2.05, 4.69) is 21.2 Å². The number of ether oxygens (including phenoxy) is 1. The van der Waals surface area contributed by atoms with Gasteiger partial charge in [0.2, 0.25) is 0 Å². The third kappa shape index (κ3) is 1.54. The second-order valence-corrected chi connectivity index (χ2v) is 4.40. The van der Waals surface area contributed by atoms with Crippen molar-refractivity contribution < 1.29 is 9.84 Å². The first-order chi connectivity index (χ1) is 6.65. The van der Waals surface area contributed by atoms with E-state index >= 15 is 0 Å². The molecule has 14 heavy (non-hydrogen) atoms. The molecule has 2 N–H and O–H groups in total. The van der Waals surface area contributed by atoms with Crippen molar-refractivity contribution in [1.29, 1.82) is 0 Å². The van der Waals surface area contributed by atoms with Crippen molar-refractivity contribution in [1.82, 2.24) is 5.32 Å². The van der Waals surface area contributed by atoms with Crippen LogP contribution in [0.4, 0.5) is 0 Å². The molecule has 1 aliphatic rings. The fraction of sp³-hybridized carbons (Fsp3) is 0.400. The Morgan fingerprint density at radius 3 is 2.71 bits per heavy atom. The predicted molar refractivity (Wildman–Crippen MR) is 57.5 cm³/mol. The van der Waals surface area contributed by atoms with E-state index in [9.17, 15) is 5.11 Å². The lowest BCUT2D eigenvalue weighted by atomic mass is 9.87. The molecule has 1 fully saturated rings. The molecule has 1 saturated heterocycles. The molecule has 1 heterocycles. The molecule has 0 aromatic heterocycles. The largest absolute Gasteiger partial charge is 0.496 e. The van der Waals surface area contributed by atoms with Crippen LogP contribution in [0.15, 0.2) is 22.7 Å². The van der Waals surface area contributed by atoms with Gasteiger partial charge in [0.25, 0.3) is 0 Å². The normalized spacial score (nSPS) is 18.8. The van der Waals surface area contributed by atoms with Gasteiger partial charge in [-0.25, -0.2) is 0 Å². The maximum absolute atomic E-state index is 10.1. The standard InChI is InChI=1S/C10H12BrNO2/c1-14-9-4-7(11)2-3-8(9)10(13)5-12-6-10/h2-4,12-13H,5-6H2,1H3. The lowest BCUT2D eigenvalue weighted by molar-refractivity contribution is -0.0165. The lowest BCUT2D eigenvalue weighted by Crippen LogP contribution is -2.56. The average Bonchev–Trinajstić information content (AvgIpc) is 2.14. The number of rotatable bonds is 2. The highest BCUT2D eigenvalue weighted by molar-refractivity contribution is 9.10. The highest BCUT2D eigenvalue weighted by Crippen LogP contribution is 2.34. The van der Waals surface area contributed by atoms with Crippen LogP contribution in [-0.4, -0.2) is 25.3 Å². The summed E-state index contributed by atoms with van der Waals surface area (Å²) >= 11 is 3.37. The minimum absolute atomic E-state index is 0.588. The Morgan fingerprint density at radius 1 is 1.50 bits per heavy atom. The minimum Gasteiger partial charge on any atom is -0.496 e. The van der Waals surface area contributed by atoms with Crippen molar-refractivity contribution in [3.63, 3.8) is 0 Å². The van der Waals surface area contributed by atoms with Gasteiger partial charge in [-0.1, -0.05) is 22.0 Å². The van der Waals surface area contributed by atoms with E-state index in [1.165, 1.54) is 0 Å². The monoisotopic (exact) mass is 257 g/mol. The first-order valence-corrected chi connectivity index (χ1v) is 5.22. The van der Waals surface area contributed by atoms with Crippen LogP contribution in [0.5, 0.6) is 5.75 Å². The van der Waals surface area contributed by atoms with E-state index in [1.54, 1.807) is 7.11 Å². The number of halogens is 1. The Kier molecular flexibility index (Phi) is 2.51. The second kappa shape index (κ2) is 3.53. The fourth-order valence-electron chi connectivity index (χ4n) is 1.60. The first-order valence-electron chi connectivity index (χ1n) is 4.43. The van der Waals surface area contributed by atoms with Crippen molar-refractivity contribution >= 4 is 15.9 Å². The Hall–Kier alpha value is -0.580. The average molecular weight is 258 g/mol. The smallest absolute Gasteiger partial charge is 0.126 e. The fourth-order valence-corrected chi connectivity index (χ4v) is 1.94. The van der Waals surface area contributed by atoms with E-state index in [4.69, 9.17) is 4.74 Å². The lowest BCUT2D eigenvalue weighted by Gasteiger charge is -2.38. The van der Waals surface area contributed by atoms with Crippen molar-refractivity contribution in [3.8, 4) is 5.75 Å². The van der Waals surface area contributed by atoms with Crippen molar-refractivity contribution in [2.75, 3.05) is 20.2 Å². The number of benzene rings is 1. The molecule has 0 bridgehead atoms. The van der Waals surface area contributed by atoms with Gasteiger partial charge in [-0.15, -0.1) is 0 Å². The van der Waals surface area contributed by atoms with Gasteiger partial charge in [0.15, 0.2) is 0 Å². The number of aliphatic hydroxyl groups is 1. The minimum atomic E-state index is -0.758. The van der Waals surface area contributed by atoms with Crippen molar-refractivity contribution in [2.24, 2.45) is 0 Å². The maximum Gasteiger partial charge on any atom is 0.126 e. The van der Waals surface area contributed by atoms with Crippen LogP contribution in [0.25, 0.3) is 0 Å². The number of methoxy groups -OCH3 is 1. The van der Waals surface area contributed by atoms with Crippen molar-refractivity contribution in [3.05, 3.63) is 28.2 Å². The molecule has 76 valence electrons. The third-order valence-electron chi connectivity index (χ3n) is 2.50. The Bertz CT molecular complexity index is 350. The molecule has 0 amide bonds. The van der Waals surface area contributed by atoms with Crippen LogP contribution < -0.4 is 10.1 Å². The van der Waals surface area contributed by atoms with Gasteiger partial charge in [0.05, 0.1) is 7.11 Å². The molecule has 3 nitrogen and oxygen atoms in total. The molecule has 1 aromatic carbocycles. The van der Waals surface area contributed by atoms with Gasteiger partial charge < -0.3 is 15.2 Å². The van der Waals surface area contributed by atoms with Crippen LogP contribution in [-0.2, 0) is 5.60 Å². The molecule has 1 aromatic rings. The van der Waals surface area contributed by atoms with Crippen molar-refractivity contribution in [2.45, 2.75) is 5.60 Å². The summed E-state index contributed by atoms with van der Waals surface area (Å²) in [6, 6.07) is 5.67. The summed E-state index contributed by atoms with van der Waals surface area (Å²) < 4.78 is 6.18. The highest BCUT2D eigenvalue weighted by Gasteiger charge is 2.38. The summed E-state index contributed by atoms with van der Waals surface area (Å²) in [6.07, 6.45) is 0. The van der Waals surface area contributed by atoms with Gasteiger partial charge >= 0.3 is 0 Å². The summed E-state index contributed by atoms with van der Waals surface area (Å²) in [4.78, 5) is 0. The zero-order valence-corrected chi connectivity index (χ0v) is 9.47. The molecular formula is C10H12BrNO2.